The summed E-state index contributed by atoms with van der Waals surface area (Å²) in [5.74, 6) is 0. The summed E-state index contributed by atoms with van der Waals surface area (Å²) in [6, 6.07) is 0.988. The molecule has 0 aromatic carbocycles. The minimum Gasteiger partial charge on any atom is -0.332 e. The molecule has 10 heavy (non-hydrogen) atoms. The van der Waals surface area contributed by atoms with E-state index in [-0.39, 0.29) is 6.03 Å². The molecule has 56 valence electrons. The molecule has 0 bridgehead atoms. The molecule has 0 radical (unpaired) electrons. The molecule has 4 nitrogen and oxygen atoms in total. The van der Waals surface area contributed by atoms with E-state index in [1.54, 1.807) is 0 Å². The highest BCUT2D eigenvalue weighted by Crippen LogP contribution is 2.11. The van der Waals surface area contributed by atoms with Gasteiger partial charge in [0.05, 0.1) is 12.1 Å². The first kappa shape index (κ1) is 5.97. The molecule has 0 saturated carbocycles. The van der Waals surface area contributed by atoms with Crippen molar-refractivity contribution in [3.63, 3.8) is 0 Å². The van der Waals surface area contributed by atoms with Gasteiger partial charge in [0.1, 0.15) is 0 Å². The molecule has 0 aliphatic carbocycles. The normalized spacial score (nSPS) is 44.5. The smallest absolute Gasteiger partial charge is 0.315 e. The number of carbonyl (C=O) groups excluding carboxylic acids is 1. The van der Waals surface area contributed by atoms with Crippen molar-refractivity contribution in [1.82, 2.24) is 16.0 Å². The third-order valence-electron chi connectivity index (χ3n) is 2.25. The van der Waals surface area contributed by atoms with Crippen molar-refractivity contribution in [1.29, 1.82) is 0 Å². The number of hydrogen-bond acceptors (Lipinski definition) is 2. The summed E-state index contributed by atoms with van der Waals surface area (Å²) >= 11 is 0. The van der Waals surface area contributed by atoms with Gasteiger partial charge in [-0.15, -0.1) is 0 Å². The van der Waals surface area contributed by atoms with Crippen LogP contribution in [0.1, 0.15) is 6.92 Å². The fraction of sp³-hybridized carbons (Fsp3) is 0.833. The molecular formula is C6H11N3O. The Morgan fingerprint density at radius 1 is 1.50 bits per heavy atom. The molecule has 2 rings (SSSR count). The molecule has 3 atom stereocenters. The molecule has 3 N–H and O–H groups in total. The minimum absolute atomic E-state index is 0.0247. The lowest BCUT2D eigenvalue weighted by molar-refractivity contribution is 0.245. The van der Waals surface area contributed by atoms with Gasteiger partial charge < -0.3 is 16.0 Å². The summed E-state index contributed by atoms with van der Waals surface area (Å²) < 4.78 is 0. The quantitative estimate of drug-likeness (QED) is 0.406. The van der Waals surface area contributed by atoms with Crippen molar-refractivity contribution < 1.29 is 4.79 Å². The Labute approximate surface area is 59.4 Å². The van der Waals surface area contributed by atoms with Crippen molar-refractivity contribution in [2.75, 3.05) is 6.54 Å². The highest BCUT2D eigenvalue weighted by molar-refractivity contribution is 5.77. The Morgan fingerprint density at radius 2 is 2.30 bits per heavy atom. The van der Waals surface area contributed by atoms with Gasteiger partial charge in [-0.3, -0.25) is 0 Å². The molecule has 2 fully saturated rings. The predicted octanol–water partition coefficient (Wildman–Crippen LogP) is -0.972. The molecule has 0 aromatic heterocycles. The van der Waals surface area contributed by atoms with Crippen LogP contribution in [-0.4, -0.2) is 30.7 Å². The zero-order chi connectivity index (χ0) is 7.14. The Balaban J connectivity index is 2.12. The van der Waals surface area contributed by atoms with Gasteiger partial charge in [-0.1, -0.05) is 0 Å². The monoisotopic (exact) mass is 141 g/mol. The molecule has 0 aromatic rings. The van der Waals surface area contributed by atoms with Crippen molar-refractivity contribution in [2.45, 2.75) is 25.0 Å². The van der Waals surface area contributed by atoms with Gasteiger partial charge in [0.15, 0.2) is 0 Å². The molecule has 2 aliphatic rings. The molecule has 2 heterocycles. The Bertz CT molecular complexity index is 170. The van der Waals surface area contributed by atoms with Crippen LogP contribution in [0.4, 0.5) is 4.79 Å². The lowest BCUT2D eigenvalue weighted by atomic mass is 10.1. The highest BCUT2D eigenvalue weighted by Gasteiger charge is 2.39. The molecule has 2 amide bonds. The second-order valence-electron chi connectivity index (χ2n) is 2.95. The molecule has 0 spiro atoms. The molecule has 1 unspecified atom stereocenters. The van der Waals surface area contributed by atoms with Crippen LogP contribution in [0.5, 0.6) is 0 Å². The van der Waals surface area contributed by atoms with Crippen LogP contribution < -0.4 is 16.0 Å². The largest absolute Gasteiger partial charge is 0.332 e. The summed E-state index contributed by atoms with van der Waals surface area (Å²) in [7, 11) is 0. The number of fused-ring (bicyclic) bond motifs is 1. The SMILES string of the molecule is CC1NC[C@H]2NC(=O)N[C@@H]12. The van der Waals surface area contributed by atoms with Crippen LogP contribution >= 0.6 is 0 Å². The van der Waals surface area contributed by atoms with E-state index in [1.165, 1.54) is 0 Å². The summed E-state index contributed by atoms with van der Waals surface area (Å²) in [4.78, 5) is 10.8. The van der Waals surface area contributed by atoms with Crippen LogP contribution in [0.2, 0.25) is 0 Å². The average molecular weight is 141 g/mol. The first-order valence-electron chi connectivity index (χ1n) is 3.58. The van der Waals surface area contributed by atoms with E-state index in [9.17, 15) is 4.79 Å². The topological polar surface area (TPSA) is 53.2 Å². The van der Waals surface area contributed by atoms with Crippen LogP contribution in [0, 0.1) is 0 Å². The zero-order valence-corrected chi connectivity index (χ0v) is 5.85. The highest BCUT2D eigenvalue weighted by atomic mass is 16.2. The van der Waals surface area contributed by atoms with Crippen LogP contribution in [0.3, 0.4) is 0 Å². The predicted molar refractivity (Wildman–Crippen MR) is 36.7 cm³/mol. The number of carbonyl (C=O) groups is 1. The first-order valence-corrected chi connectivity index (χ1v) is 3.58. The van der Waals surface area contributed by atoms with Gasteiger partial charge in [-0.05, 0) is 6.92 Å². The number of nitrogens with one attached hydrogen (secondary N) is 3. The van der Waals surface area contributed by atoms with Crippen LogP contribution in [0.25, 0.3) is 0 Å². The summed E-state index contributed by atoms with van der Waals surface area (Å²) in [5.41, 5.74) is 0. The number of hydrogen-bond donors (Lipinski definition) is 3. The number of rotatable bonds is 0. The van der Waals surface area contributed by atoms with Crippen LogP contribution in [0.15, 0.2) is 0 Å². The Morgan fingerprint density at radius 3 is 3.00 bits per heavy atom. The molecule has 2 aliphatic heterocycles. The van der Waals surface area contributed by atoms with E-state index in [0.717, 1.165) is 6.54 Å². The number of amides is 2. The minimum atomic E-state index is -0.0247. The van der Waals surface area contributed by atoms with Gasteiger partial charge in [0, 0.05) is 12.6 Å². The van der Waals surface area contributed by atoms with E-state index in [2.05, 4.69) is 22.9 Å². The van der Waals surface area contributed by atoms with E-state index < -0.39 is 0 Å². The molecule has 2 saturated heterocycles. The maximum atomic E-state index is 10.8. The lowest BCUT2D eigenvalue weighted by Crippen LogP contribution is -2.38. The third-order valence-corrected chi connectivity index (χ3v) is 2.25. The maximum Gasteiger partial charge on any atom is 0.315 e. The summed E-state index contributed by atoms with van der Waals surface area (Å²) in [6.07, 6.45) is 0. The molecular weight excluding hydrogens is 130 g/mol. The summed E-state index contributed by atoms with van der Waals surface area (Å²) in [5, 5.41) is 8.95. The van der Waals surface area contributed by atoms with Gasteiger partial charge >= 0.3 is 6.03 Å². The third kappa shape index (κ3) is 0.686. The van der Waals surface area contributed by atoms with Crippen molar-refractivity contribution in [3.8, 4) is 0 Å². The van der Waals surface area contributed by atoms with E-state index in [0.29, 0.717) is 18.1 Å². The van der Waals surface area contributed by atoms with Gasteiger partial charge in [-0.2, -0.15) is 0 Å². The van der Waals surface area contributed by atoms with Crippen LogP contribution in [-0.2, 0) is 0 Å². The fourth-order valence-corrected chi connectivity index (χ4v) is 1.64. The van der Waals surface area contributed by atoms with Gasteiger partial charge in [0.2, 0.25) is 0 Å². The van der Waals surface area contributed by atoms with Gasteiger partial charge in [-0.25, -0.2) is 4.79 Å². The van der Waals surface area contributed by atoms with E-state index >= 15 is 0 Å². The Hall–Kier alpha value is -0.770. The van der Waals surface area contributed by atoms with E-state index in [4.69, 9.17) is 0 Å². The standard InChI is InChI=1S/C6H11N3O/c1-3-5-4(2-7-3)8-6(10)9-5/h3-5,7H,2H2,1H3,(H2,8,9,10)/t3?,4-,5+/m1/s1. The summed E-state index contributed by atoms with van der Waals surface area (Å²) in [6.45, 7) is 2.97. The zero-order valence-electron chi connectivity index (χ0n) is 5.85. The first-order chi connectivity index (χ1) is 4.77. The molecule has 4 heteroatoms. The maximum absolute atomic E-state index is 10.8. The lowest BCUT2D eigenvalue weighted by Gasteiger charge is -2.10. The number of urea groups is 1. The van der Waals surface area contributed by atoms with E-state index in [1.807, 2.05) is 0 Å². The van der Waals surface area contributed by atoms with Gasteiger partial charge in [0.25, 0.3) is 0 Å². The average Bonchev–Trinajstić information content (AvgIpc) is 2.35. The van der Waals surface area contributed by atoms with Crippen molar-refractivity contribution in [2.24, 2.45) is 0 Å². The fourth-order valence-electron chi connectivity index (χ4n) is 1.64. The second kappa shape index (κ2) is 1.85. The van der Waals surface area contributed by atoms with Crippen molar-refractivity contribution in [3.05, 3.63) is 0 Å². The Kier molecular flexibility index (Phi) is 1.11. The van der Waals surface area contributed by atoms with Crippen molar-refractivity contribution >= 4 is 6.03 Å². The second-order valence-corrected chi connectivity index (χ2v) is 2.95.